The standard InChI is InChI=1S/C16H8ClF2N5O4/c17-16(18,19)15-23-14(24-28-15)7-1-3-8(4-2-7)21-10-11(13(26)12(10)25)22-9-5-27-6-20-9/h1-6,21-22H. The van der Waals surface area contributed by atoms with Crippen molar-refractivity contribution in [2.75, 3.05) is 10.6 Å². The SMILES string of the molecule is O=c1c(Nc2ccc(-c3noc(C(F)(F)Cl)n3)cc2)c(Nc2cocn2)c1=O. The van der Waals surface area contributed by atoms with Crippen molar-refractivity contribution in [2.24, 2.45) is 0 Å². The highest BCUT2D eigenvalue weighted by atomic mass is 35.5. The second kappa shape index (κ2) is 6.53. The zero-order chi connectivity index (χ0) is 19.9. The summed E-state index contributed by atoms with van der Waals surface area (Å²) in [7, 11) is 0. The van der Waals surface area contributed by atoms with Crippen LogP contribution in [0, 0.1) is 0 Å². The smallest absolute Gasteiger partial charge is 0.400 e. The van der Waals surface area contributed by atoms with E-state index in [2.05, 4.69) is 30.3 Å². The summed E-state index contributed by atoms with van der Waals surface area (Å²) < 4.78 is 35.1. The molecule has 0 fully saturated rings. The Bertz CT molecular complexity index is 1190. The molecule has 4 rings (SSSR count). The molecule has 9 nitrogen and oxygen atoms in total. The Morgan fingerprint density at radius 3 is 2.29 bits per heavy atom. The zero-order valence-electron chi connectivity index (χ0n) is 13.6. The average Bonchev–Trinajstić information content (AvgIpc) is 3.36. The van der Waals surface area contributed by atoms with Gasteiger partial charge < -0.3 is 19.6 Å². The molecule has 0 saturated heterocycles. The molecule has 0 atom stereocenters. The van der Waals surface area contributed by atoms with Crippen molar-refractivity contribution < 1.29 is 17.7 Å². The third-order valence-corrected chi connectivity index (χ3v) is 3.84. The normalized spacial score (nSPS) is 11.7. The molecule has 0 spiro atoms. The first-order chi connectivity index (χ1) is 13.3. The van der Waals surface area contributed by atoms with E-state index in [0.29, 0.717) is 11.3 Å². The van der Waals surface area contributed by atoms with E-state index in [0.717, 1.165) is 0 Å². The van der Waals surface area contributed by atoms with E-state index in [-0.39, 0.29) is 23.0 Å². The summed E-state index contributed by atoms with van der Waals surface area (Å²) in [4.78, 5) is 30.9. The molecule has 2 N–H and O–H groups in total. The fourth-order valence-corrected chi connectivity index (χ4v) is 2.41. The van der Waals surface area contributed by atoms with Crippen LogP contribution in [0.15, 0.2) is 55.5 Å². The van der Waals surface area contributed by atoms with Gasteiger partial charge in [-0.25, -0.2) is 0 Å². The van der Waals surface area contributed by atoms with Crippen LogP contribution in [0.4, 0.5) is 31.7 Å². The molecular formula is C16H8ClF2N5O4. The summed E-state index contributed by atoms with van der Waals surface area (Å²) in [6.07, 6.45) is 2.45. The van der Waals surface area contributed by atoms with Gasteiger partial charge in [0.05, 0.1) is 0 Å². The van der Waals surface area contributed by atoms with E-state index in [1.807, 2.05) is 0 Å². The van der Waals surface area contributed by atoms with Crippen LogP contribution in [0.3, 0.4) is 0 Å². The number of hydrogen-bond donors (Lipinski definition) is 2. The summed E-state index contributed by atoms with van der Waals surface area (Å²) in [5, 5.41) is 5.18. The second-order valence-corrected chi connectivity index (χ2v) is 6.00. The molecule has 0 aliphatic carbocycles. The zero-order valence-corrected chi connectivity index (χ0v) is 14.3. The minimum Gasteiger partial charge on any atom is -0.449 e. The van der Waals surface area contributed by atoms with Gasteiger partial charge in [0.15, 0.2) is 12.2 Å². The van der Waals surface area contributed by atoms with Crippen LogP contribution in [0.1, 0.15) is 5.89 Å². The second-order valence-electron chi connectivity index (χ2n) is 5.53. The first-order valence-corrected chi connectivity index (χ1v) is 7.97. The lowest BCUT2D eigenvalue weighted by molar-refractivity contribution is 0.0551. The van der Waals surface area contributed by atoms with Crippen molar-refractivity contribution in [3.8, 4) is 11.4 Å². The summed E-state index contributed by atoms with van der Waals surface area (Å²) in [6, 6.07) is 6.11. The maximum Gasteiger partial charge on any atom is 0.400 e. The Labute approximate surface area is 158 Å². The van der Waals surface area contributed by atoms with Gasteiger partial charge in [-0.1, -0.05) is 5.16 Å². The van der Waals surface area contributed by atoms with E-state index < -0.39 is 22.1 Å². The Morgan fingerprint density at radius 1 is 1.04 bits per heavy atom. The molecule has 0 saturated carbocycles. The monoisotopic (exact) mass is 407 g/mol. The maximum absolute atomic E-state index is 13.0. The van der Waals surface area contributed by atoms with Gasteiger partial charge in [0.1, 0.15) is 17.6 Å². The first-order valence-electron chi connectivity index (χ1n) is 7.60. The predicted octanol–water partition coefficient (Wildman–Crippen LogP) is 3.10. The number of nitrogens with zero attached hydrogens (tertiary/aromatic N) is 3. The number of anilines is 4. The number of nitrogens with one attached hydrogen (secondary N) is 2. The number of aromatic nitrogens is 3. The van der Waals surface area contributed by atoms with Gasteiger partial charge >= 0.3 is 11.3 Å². The van der Waals surface area contributed by atoms with E-state index in [1.165, 1.54) is 24.8 Å². The molecule has 28 heavy (non-hydrogen) atoms. The molecule has 12 heteroatoms. The first kappa shape index (κ1) is 17.8. The number of halogens is 3. The third kappa shape index (κ3) is 3.22. The molecule has 0 radical (unpaired) electrons. The van der Waals surface area contributed by atoms with Gasteiger partial charge in [-0.2, -0.15) is 18.7 Å². The number of benzene rings is 1. The van der Waals surface area contributed by atoms with Crippen LogP contribution in [0.25, 0.3) is 11.4 Å². The number of hydrogen-bond acceptors (Lipinski definition) is 9. The van der Waals surface area contributed by atoms with Crippen LogP contribution in [0.2, 0.25) is 0 Å². The van der Waals surface area contributed by atoms with Gasteiger partial charge in [0.2, 0.25) is 5.82 Å². The van der Waals surface area contributed by atoms with E-state index in [4.69, 9.17) is 16.0 Å². The highest BCUT2D eigenvalue weighted by Crippen LogP contribution is 2.32. The maximum atomic E-state index is 13.0. The van der Waals surface area contributed by atoms with E-state index in [9.17, 15) is 18.4 Å². The van der Waals surface area contributed by atoms with Crippen LogP contribution in [-0.4, -0.2) is 15.1 Å². The topological polar surface area (TPSA) is 123 Å². The quantitative estimate of drug-likeness (QED) is 0.366. The Kier molecular flexibility index (Phi) is 4.15. The molecule has 2 heterocycles. The van der Waals surface area contributed by atoms with Crippen LogP contribution in [-0.2, 0) is 5.38 Å². The third-order valence-electron chi connectivity index (χ3n) is 3.68. The van der Waals surface area contributed by atoms with Gasteiger partial charge in [-0.15, -0.1) is 0 Å². The number of oxazole rings is 1. The molecule has 0 bridgehead atoms. The minimum atomic E-state index is -3.76. The van der Waals surface area contributed by atoms with Crippen molar-refractivity contribution >= 4 is 34.5 Å². The summed E-state index contributed by atoms with van der Waals surface area (Å²) in [5.74, 6) is -0.822. The summed E-state index contributed by atoms with van der Waals surface area (Å²) >= 11 is 4.83. The lowest BCUT2D eigenvalue weighted by Gasteiger charge is -2.13. The number of rotatable bonds is 6. The molecule has 0 amide bonds. The summed E-state index contributed by atoms with van der Waals surface area (Å²) in [5.41, 5.74) is -0.428. The van der Waals surface area contributed by atoms with Crippen molar-refractivity contribution in [2.45, 2.75) is 5.38 Å². The van der Waals surface area contributed by atoms with E-state index in [1.54, 1.807) is 12.1 Å². The minimum absolute atomic E-state index is 0.0510. The average molecular weight is 408 g/mol. The largest absolute Gasteiger partial charge is 0.449 e. The van der Waals surface area contributed by atoms with Crippen molar-refractivity contribution in [3.63, 3.8) is 0 Å². The fraction of sp³-hybridized carbons (Fsp3) is 0.0625. The molecule has 0 aliphatic rings. The van der Waals surface area contributed by atoms with Gasteiger partial charge in [-0.3, -0.25) is 9.59 Å². The van der Waals surface area contributed by atoms with Gasteiger partial charge in [-0.05, 0) is 35.9 Å². The molecule has 2 aromatic heterocycles. The van der Waals surface area contributed by atoms with Crippen LogP contribution < -0.4 is 21.5 Å². The lowest BCUT2D eigenvalue weighted by atomic mass is 10.1. The molecule has 142 valence electrons. The van der Waals surface area contributed by atoms with Crippen molar-refractivity contribution in [1.82, 2.24) is 15.1 Å². The van der Waals surface area contributed by atoms with Crippen molar-refractivity contribution in [1.29, 1.82) is 0 Å². The Hall–Kier alpha value is -3.60. The molecule has 0 aliphatic heterocycles. The lowest BCUT2D eigenvalue weighted by Crippen LogP contribution is -2.35. The highest BCUT2D eigenvalue weighted by Gasteiger charge is 2.35. The van der Waals surface area contributed by atoms with Crippen LogP contribution >= 0.6 is 11.6 Å². The Morgan fingerprint density at radius 2 is 1.71 bits per heavy atom. The predicted molar refractivity (Wildman–Crippen MR) is 93.9 cm³/mol. The Balaban J connectivity index is 1.53. The van der Waals surface area contributed by atoms with Gasteiger partial charge in [0, 0.05) is 11.3 Å². The molecule has 2 aromatic carbocycles. The van der Waals surface area contributed by atoms with Crippen LogP contribution in [0.5, 0.6) is 0 Å². The molecular weight excluding hydrogens is 400 g/mol. The molecule has 4 aromatic rings. The van der Waals surface area contributed by atoms with E-state index >= 15 is 0 Å². The highest BCUT2D eigenvalue weighted by molar-refractivity contribution is 6.21. The summed E-state index contributed by atoms with van der Waals surface area (Å²) in [6.45, 7) is 0. The van der Waals surface area contributed by atoms with Gasteiger partial charge in [0.25, 0.3) is 10.9 Å². The number of alkyl halides is 3. The van der Waals surface area contributed by atoms with Crippen molar-refractivity contribution in [3.05, 3.63) is 63.3 Å². The molecule has 0 unspecified atom stereocenters. The fourth-order valence-electron chi connectivity index (χ4n) is 2.34.